The maximum atomic E-state index is 2.24. The second-order valence-corrected chi connectivity index (χ2v) is 6.14. The minimum atomic E-state index is 1.11. The summed E-state index contributed by atoms with van der Waals surface area (Å²) in [7, 11) is 0. The fourth-order valence-corrected chi connectivity index (χ4v) is 3.22. The van der Waals surface area contributed by atoms with Crippen molar-refractivity contribution in [3.8, 4) is 11.1 Å². The molecule has 1 heteroatoms. The van der Waals surface area contributed by atoms with E-state index >= 15 is 0 Å². The van der Waals surface area contributed by atoms with Crippen LogP contribution >= 0.6 is 11.8 Å². The van der Waals surface area contributed by atoms with Gasteiger partial charge in [-0.1, -0.05) is 72.8 Å². The minimum Gasteiger partial charge on any atom is -0.126 e. The molecule has 0 aromatic heterocycles. The topological polar surface area (TPSA) is 0 Å². The number of thioether (sulfide) groups is 1. The Bertz CT molecular complexity index is 657. The van der Waals surface area contributed by atoms with Gasteiger partial charge in [-0.2, -0.15) is 0 Å². The first-order chi connectivity index (χ1) is 10.4. The second-order valence-electron chi connectivity index (χ2n) is 4.97. The summed E-state index contributed by atoms with van der Waals surface area (Å²) in [5.41, 5.74) is 3.97. The SMILES string of the molecule is c1ccc(SCCc2ccc(-c3ccccc3)cc2)cc1. The van der Waals surface area contributed by atoms with Crippen LogP contribution in [0.15, 0.2) is 89.8 Å². The van der Waals surface area contributed by atoms with Crippen molar-refractivity contribution >= 4 is 11.8 Å². The Labute approximate surface area is 130 Å². The highest BCUT2D eigenvalue weighted by Crippen LogP contribution is 2.21. The Morgan fingerprint density at radius 2 is 1.14 bits per heavy atom. The Balaban J connectivity index is 1.58. The zero-order valence-corrected chi connectivity index (χ0v) is 12.7. The molecule has 0 N–H and O–H groups in total. The van der Waals surface area contributed by atoms with E-state index in [4.69, 9.17) is 0 Å². The standard InChI is InChI=1S/C20H18S/c1-3-7-18(8-4-1)19-13-11-17(12-14-19)15-16-21-20-9-5-2-6-10-20/h1-14H,15-16H2. The van der Waals surface area contributed by atoms with E-state index in [1.54, 1.807) is 0 Å². The Morgan fingerprint density at radius 1 is 0.571 bits per heavy atom. The van der Waals surface area contributed by atoms with Crippen molar-refractivity contribution in [1.82, 2.24) is 0 Å². The van der Waals surface area contributed by atoms with Gasteiger partial charge in [0, 0.05) is 10.6 Å². The molecule has 0 fully saturated rings. The van der Waals surface area contributed by atoms with E-state index in [-0.39, 0.29) is 0 Å². The van der Waals surface area contributed by atoms with Gasteiger partial charge in [-0.15, -0.1) is 11.8 Å². The van der Waals surface area contributed by atoms with Crippen LogP contribution in [0.5, 0.6) is 0 Å². The van der Waals surface area contributed by atoms with Crippen LogP contribution in [0.25, 0.3) is 11.1 Å². The lowest BCUT2D eigenvalue weighted by Crippen LogP contribution is -1.88. The largest absolute Gasteiger partial charge is 0.126 e. The number of hydrogen-bond acceptors (Lipinski definition) is 1. The summed E-state index contributed by atoms with van der Waals surface area (Å²) in [5.74, 6) is 1.12. The van der Waals surface area contributed by atoms with Crippen LogP contribution in [0, 0.1) is 0 Å². The fourth-order valence-electron chi connectivity index (χ4n) is 2.30. The molecule has 0 heterocycles. The van der Waals surface area contributed by atoms with Crippen LogP contribution < -0.4 is 0 Å². The molecule has 0 atom stereocenters. The molecule has 0 spiro atoms. The fraction of sp³-hybridized carbons (Fsp3) is 0.100. The zero-order chi connectivity index (χ0) is 14.3. The van der Waals surface area contributed by atoms with Crippen molar-refractivity contribution in [2.75, 3.05) is 5.75 Å². The molecule has 0 saturated carbocycles. The molecule has 0 nitrogen and oxygen atoms in total. The van der Waals surface area contributed by atoms with Crippen LogP contribution in [0.1, 0.15) is 5.56 Å². The second kappa shape index (κ2) is 7.14. The molecule has 0 unspecified atom stereocenters. The maximum absolute atomic E-state index is 2.24. The summed E-state index contributed by atoms with van der Waals surface area (Å²) < 4.78 is 0. The Kier molecular flexibility index (Phi) is 4.75. The molecule has 0 bridgehead atoms. The monoisotopic (exact) mass is 290 g/mol. The van der Waals surface area contributed by atoms with Crippen LogP contribution in [-0.4, -0.2) is 5.75 Å². The molecule has 0 amide bonds. The van der Waals surface area contributed by atoms with E-state index < -0.39 is 0 Å². The van der Waals surface area contributed by atoms with Crippen molar-refractivity contribution < 1.29 is 0 Å². The third-order valence-corrected chi connectivity index (χ3v) is 4.48. The highest BCUT2D eigenvalue weighted by atomic mass is 32.2. The number of hydrogen-bond donors (Lipinski definition) is 0. The lowest BCUT2D eigenvalue weighted by atomic mass is 10.0. The van der Waals surface area contributed by atoms with Gasteiger partial charge in [0.15, 0.2) is 0 Å². The van der Waals surface area contributed by atoms with Gasteiger partial charge in [0.1, 0.15) is 0 Å². The van der Waals surface area contributed by atoms with Gasteiger partial charge in [0.05, 0.1) is 0 Å². The summed E-state index contributed by atoms with van der Waals surface area (Å²) in [6.07, 6.45) is 1.11. The third kappa shape index (κ3) is 3.99. The first-order valence-electron chi connectivity index (χ1n) is 7.24. The minimum absolute atomic E-state index is 1.11. The van der Waals surface area contributed by atoms with Crippen LogP contribution in [0.3, 0.4) is 0 Å². The first-order valence-corrected chi connectivity index (χ1v) is 8.22. The van der Waals surface area contributed by atoms with Crippen molar-refractivity contribution in [2.45, 2.75) is 11.3 Å². The summed E-state index contributed by atoms with van der Waals surface area (Å²) in [6, 6.07) is 30.0. The summed E-state index contributed by atoms with van der Waals surface area (Å²) in [6.45, 7) is 0. The number of aryl methyl sites for hydroxylation is 1. The van der Waals surface area contributed by atoms with Gasteiger partial charge >= 0.3 is 0 Å². The molecule has 3 rings (SSSR count). The quantitative estimate of drug-likeness (QED) is 0.544. The van der Waals surface area contributed by atoms with E-state index in [9.17, 15) is 0 Å². The maximum Gasteiger partial charge on any atom is 0.00720 e. The predicted octanol–water partition coefficient (Wildman–Crippen LogP) is 5.69. The van der Waals surface area contributed by atoms with Crippen molar-refractivity contribution in [2.24, 2.45) is 0 Å². The molecule has 21 heavy (non-hydrogen) atoms. The first kappa shape index (κ1) is 14.0. The lowest BCUT2D eigenvalue weighted by molar-refractivity contribution is 1.15. The highest BCUT2D eigenvalue weighted by molar-refractivity contribution is 7.99. The summed E-state index contributed by atoms with van der Waals surface area (Å²) in [5, 5.41) is 0. The smallest absolute Gasteiger partial charge is 0.00720 e. The van der Waals surface area contributed by atoms with Crippen molar-refractivity contribution in [3.63, 3.8) is 0 Å². The Morgan fingerprint density at radius 3 is 1.81 bits per heavy atom. The third-order valence-electron chi connectivity index (χ3n) is 3.46. The predicted molar refractivity (Wildman–Crippen MR) is 92.7 cm³/mol. The molecule has 0 aliphatic carbocycles. The van der Waals surface area contributed by atoms with Crippen LogP contribution in [-0.2, 0) is 6.42 Å². The van der Waals surface area contributed by atoms with E-state index in [0.717, 1.165) is 12.2 Å². The van der Waals surface area contributed by atoms with E-state index in [1.165, 1.54) is 21.6 Å². The van der Waals surface area contributed by atoms with Crippen molar-refractivity contribution in [1.29, 1.82) is 0 Å². The molecule has 0 radical (unpaired) electrons. The van der Waals surface area contributed by atoms with Crippen LogP contribution in [0.2, 0.25) is 0 Å². The average molecular weight is 290 g/mol. The molecule has 3 aromatic carbocycles. The van der Waals surface area contributed by atoms with Crippen LogP contribution in [0.4, 0.5) is 0 Å². The summed E-state index contributed by atoms with van der Waals surface area (Å²) >= 11 is 1.92. The van der Waals surface area contributed by atoms with Gasteiger partial charge in [0.2, 0.25) is 0 Å². The molecule has 0 saturated heterocycles. The molecular weight excluding hydrogens is 272 g/mol. The highest BCUT2D eigenvalue weighted by Gasteiger charge is 1.98. The molecule has 0 aliphatic heterocycles. The van der Waals surface area contributed by atoms with Gasteiger partial charge in [-0.25, -0.2) is 0 Å². The van der Waals surface area contributed by atoms with Gasteiger partial charge in [0.25, 0.3) is 0 Å². The molecule has 104 valence electrons. The number of benzene rings is 3. The van der Waals surface area contributed by atoms with E-state index in [1.807, 2.05) is 11.8 Å². The number of rotatable bonds is 5. The molecule has 0 aliphatic rings. The Hall–Kier alpha value is -1.99. The molecule has 3 aromatic rings. The molecular formula is C20H18S. The normalized spacial score (nSPS) is 10.5. The lowest BCUT2D eigenvalue weighted by Gasteiger charge is -2.05. The van der Waals surface area contributed by atoms with Crippen molar-refractivity contribution in [3.05, 3.63) is 90.5 Å². The average Bonchev–Trinajstić information content (AvgIpc) is 2.57. The van der Waals surface area contributed by atoms with Gasteiger partial charge in [-0.05, 0) is 35.2 Å². The van der Waals surface area contributed by atoms with E-state index in [0.29, 0.717) is 0 Å². The van der Waals surface area contributed by atoms with Gasteiger partial charge < -0.3 is 0 Å². The summed E-state index contributed by atoms with van der Waals surface area (Å²) in [4.78, 5) is 1.35. The van der Waals surface area contributed by atoms with E-state index in [2.05, 4.69) is 84.9 Å². The van der Waals surface area contributed by atoms with Gasteiger partial charge in [-0.3, -0.25) is 0 Å². The zero-order valence-electron chi connectivity index (χ0n) is 11.9.